The van der Waals surface area contributed by atoms with Crippen molar-refractivity contribution in [1.82, 2.24) is 15.2 Å². The summed E-state index contributed by atoms with van der Waals surface area (Å²) >= 11 is 0. The highest BCUT2D eigenvalue weighted by molar-refractivity contribution is 5.96. The van der Waals surface area contributed by atoms with Crippen LogP contribution < -0.4 is 5.32 Å². The molecule has 8 heteroatoms. The molecule has 0 saturated carbocycles. The van der Waals surface area contributed by atoms with Gasteiger partial charge in [0.15, 0.2) is 0 Å². The fraction of sp³-hybridized carbons (Fsp3) is 0.393. The van der Waals surface area contributed by atoms with E-state index in [2.05, 4.69) is 16.4 Å². The lowest BCUT2D eigenvalue weighted by Crippen LogP contribution is -2.55. The van der Waals surface area contributed by atoms with E-state index in [1.807, 2.05) is 43.5 Å². The Morgan fingerprint density at radius 3 is 2.92 bits per heavy atom. The zero-order chi connectivity index (χ0) is 24.6. The van der Waals surface area contributed by atoms with Crippen LogP contribution in [0.5, 0.6) is 0 Å². The van der Waals surface area contributed by atoms with E-state index in [-0.39, 0.29) is 24.0 Å². The predicted molar refractivity (Wildman–Crippen MR) is 130 cm³/mol. The molecule has 2 aromatic heterocycles. The Kier molecular flexibility index (Phi) is 4.61. The average molecular weight is 486 g/mol. The Morgan fingerprint density at radius 2 is 2.08 bits per heavy atom. The third-order valence-electron chi connectivity index (χ3n) is 8.62. The number of amides is 2. The number of furan rings is 1. The van der Waals surface area contributed by atoms with E-state index in [1.165, 1.54) is 0 Å². The minimum absolute atomic E-state index is 0.0764. The van der Waals surface area contributed by atoms with E-state index < -0.39 is 41.5 Å². The summed E-state index contributed by atoms with van der Waals surface area (Å²) in [7, 11) is 0. The van der Waals surface area contributed by atoms with Gasteiger partial charge in [0.2, 0.25) is 11.8 Å². The molecule has 0 radical (unpaired) electrons. The van der Waals surface area contributed by atoms with Crippen LogP contribution >= 0.6 is 0 Å². The molecule has 184 valence electrons. The van der Waals surface area contributed by atoms with Gasteiger partial charge in [-0.3, -0.25) is 14.4 Å². The minimum atomic E-state index is -0.971. The van der Waals surface area contributed by atoms with Gasteiger partial charge >= 0.3 is 0 Å². The van der Waals surface area contributed by atoms with Crippen molar-refractivity contribution in [3.05, 3.63) is 72.3 Å². The molecule has 5 unspecified atom stereocenters. The monoisotopic (exact) mass is 485 g/mol. The van der Waals surface area contributed by atoms with Crippen molar-refractivity contribution in [2.45, 2.75) is 43.6 Å². The van der Waals surface area contributed by atoms with E-state index in [9.17, 15) is 14.4 Å². The Balaban J connectivity index is 1.15. The molecule has 2 amide bonds. The van der Waals surface area contributed by atoms with Crippen molar-refractivity contribution in [3.8, 4) is 0 Å². The quantitative estimate of drug-likeness (QED) is 0.541. The number of hydrogen-bond acceptors (Lipinski definition) is 5. The first-order chi connectivity index (χ1) is 17.5. The van der Waals surface area contributed by atoms with Crippen LogP contribution in [-0.4, -0.2) is 51.8 Å². The van der Waals surface area contributed by atoms with Crippen LogP contribution in [0, 0.1) is 17.8 Å². The van der Waals surface area contributed by atoms with Crippen LogP contribution in [-0.2, 0) is 25.5 Å². The van der Waals surface area contributed by atoms with E-state index in [1.54, 1.807) is 23.3 Å². The number of aromatic nitrogens is 1. The maximum atomic E-state index is 14.0. The van der Waals surface area contributed by atoms with Gasteiger partial charge in [0.25, 0.3) is 0 Å². The number of benzene rings is 1. The second-order valence-corrected chi connectivity index (χ2v) is 10.4. The Bertz CT molecular complexity index is 1410. The first-order valence-electron chi connectivity index (χ1n) is 12.6. The van der Waals surface area contributed by atoms with E-state index >= 15 is 0 Å². The first kappa shape index (κ1) is 21.6. The van der Waals surface area contributed by atoms with Crippen LogP contribution in [0.1, 0.15) is 30.7 Å². The first-order valence-corrected chi connectivity index (χ1v) is 12.6. The maximum Gasteiger partial charge on any atom is 0.230 e. The van der Waals surface area contributed by atoms with Gasteiger partial charge in [-0.15, -0.1) is 0 Å². The normalized spacial score (nSPS) is 34.4. The molecular formula is C28H27N3O5. The van der Waals surface area contributed by atoms with Crippen molar-refractivity contribution < 1.29 is 23.5 Å². The largest absolute Gasteiger partial charge is 0.467 e. The second kappa shape index (κ2) is 7.67. The van der Waals surface area contributed by atoms with Crippen LogP contribution in [0.3, 0.4) is 0 Å². The third kappa shape index (κ3) is 2.82. The molecular weight excluding hydrogens is 458 g/mol. The highest BCUT2D eigenvalue weighted by atomic mass is 16.5. The number of para-hydroxylation sites is 1. The summed E-state index contributed by atoms with van der Waals surface area (Å²) in [6.07, 6.45) is 7.75. The van der Waals surface area contributed by atoms with Crippen LogP contribution in [0.15, 0.2) is 65.4 Å². The number of H-pyrrole nitrogens is 1. The molecule has 3 saturated heterocycles. The van der Waals surface area contributed by atoms with Crippen molar-refractivity contribution in [1.29, 1.82) is 0 Å². The fourth-order valence-electron chi connectivity index (χ4n) is 7.04. The third-order valence-corrected chi connectivity index (χ3v) is 8.62. The summed E-state index contributed by atoms with van der Waals surface area (Å²) in [4.78, 5) is 45.5. The van der Waals surface area contributed by atoms with Crippen molar-refractivity contribution in [2.75, 3.05) is 6.54 Å². The molecule has 3 fully saturated rings. The van der Waals surface area contributed by atoms with Gasteiger partial charge in [0.05, 0.1) is 36.3 Å². The number of fused-ring (bicyclic) bond motifs is 3. The highest BCUT2D eigenvalue weighted by Gasteiger charge is 2.74. The van der Waals surface area contributed by atoms with E-state index in [0.29, 0.717) is 18.7 Å². The number of piperidine rings is 1. The molecule has 1 aromatic carbocycles. The number of aromatic amines is 1. The lowest BCUT2D eigenvalue weighted by Gasteiger charge is -2.43. The molecule has 4 aliphatic rings. The van der Waals surface area contributed by atoms with Gasteiger partial charge in [0, 0.05) is 36.0 Å². The van der Waals surface area contributed by atoms with E-state index in [4.69, 9.17) is 9.15 Å². The molecule has 7 atom stereocenters. The summed E-state index contributed by atoms with van der Waals surface area (Å²) in [5, 5.41) is 4.20. The average Bonchev–Trinajstić information content (AvgIpc) is 3.69. The van der Waals surface area contributed by atoms with Gasteiger partial charge in [-0.25, -0.2) is 0 Å². The zero-order valence-corrected chi connectivity index (χ0v) is 19.8. The zero-order valence-electron chi connectivity index (χ0n) is 19.8. The molecule has 7 rings (SSSR count). The Hall–Kier alpha value is -3.65. The number of Topliss-reactive ketones (excluding diaryl/α,β-unsaturated/α-hetero) is 1. The number of carbonyl (C=O) groups is 3. The van der Waals surface area contributed by atoms with Gasteiger partial charge in [-0.2, -0.15) is 0 Å². The number of rotatable bonds is 5. The summed E-state index contributed by atoms with van der Waals surface area (Å²) in [6.45, 7) is 2.32. The SMILES string of the molecule is CC1C(=O)CC(c2ccco2)N2C(=O)C3C(C(=O)NCCc4c[nH]c5ccccc45)[C@@H]4C=C[C@@]3(O4)C12. The lowest BCUT2D eigenvalue weighted by molar-refractivity contribution is -0.148. The predicted octanol–water partition coefficient (Wildman–Crippen LogP) is 2.92. The van der Waals surface area contributed by atoms with Crippen LogP contribution in [0.2, 0.25) is 0 Å². The molecule has 4 aliphatic heterocycles. The fourth-order valence-corrected chi connectivity index (χ4v) is 7.04. The molecule has 3 aromatic rings. The molecule has 6 heterocycles. The maximum absolute atomic E-state index is 14.0. The standard InChI is InChI=1S/C28H27N3O5/c1-15-20(32)13-19(21-7-4-12-35-21)31-25(15)28-10-8-22(36-28)23(24(28)27(31)34)26(33)29-11-9-16-14-30-18-6-3-2-5-17(16)18/h2-8,10,12,14-15,19,22-25,30H,9,11,13H2,1H3,(H,29,33)/t15?,19?,22-,23?,24?,25?,28-/m0/s1. The van der Waals surface area contributed by atoms with Crippen molar-refractivity contribution in [3.63, 3.8) is 0 Å². The highest BCUT2D eigenvalue weighted by Crippen LogP contribution is 2.59. The van der Waals surface area contributed by atoms with Gasteiger partial charge < -0.3 is 24.4 Å². The number of nitrogens with zero attached hydrogens (tertiary/aromatic N) is 1. The lowest BCUT2D eigenvalue weighted by atomic mass is 9.70. The van der Waals surface area contributed by atoms with Gasteiger partial charge in [-0.05, 0) is 30.2 Å². The number of nitrogens with one attached hydrogen (secondary N) is 2. The molecule has 8 nitrogen and oxygen atoms in total. The second-order valence-electron chi connectivity index (χ2n) is 10.4. The topological polar surface area (TPSA) is 105 Å². The summed E-state index contributed by atoms with van der Waals surface area (Å²) in [5.74, 6) is -1.33. The summed E-state index contributed by atoms with van der Waals surface area (Å²) in [5.41, 5.74) is 1.23. The molecule has 1 spiro atoms. The Morgan fingerprint density at radius 1 is 1.22 bits per heavy atom. The van der Waals surface area contributed by atoms with Gasteiger partial charge in [0.1, 0.15) is 17.1 Å². The number of ether oxygens (including phenoxy) is 1. The molecule has 0 aliphatic carbocycles. The number of hydrogen-bond donors (Lipinski definition) is 2. The van der Waals surface area contributed by atoms with E-state index in [0.717, 1.165) is 16.5 Å². The smallest absolute Gasteiger partial charge is 0.230 e. The number of ketones is 1. The minimum Gasteiger partial charge on any atom is -0.467 e. The van der Waals surface area contributed by atoms with Gasteiger partial charge in [-0.1, -0.05) is 37.3 Å². The van der Waals surface area contributed by atoms with Crippen molar-refractivity contribution in [2.24, 2.45) is 17.8 Å². The van der Waals surface area contributed by atoms with Crippen LogP contribution in [0.25, 0.3) is 10.9 Å². The molecule has 36 heavy (non-hydrogen) atoms. The van der Waals surface area contributed by atoms with Crippen molar-refractivity contribution >= 4 is 28.5 Å². The molecule has 2 bridgehead atoms. The Labute approximate surface area is 207 Å². The number of carbonyl (C=O) groups excluding carboxylic acids is 3. The summed E-state index contributed by atoms with van der Waals surface area (Å²) < 4.78 is 12.0. The molecule has 2 N–H and O–H groups in total. The van der Waals surface area contributed by atoms with Crippen LogP contribution in [0.4, 0.5) is 0 Å². The summed E-state index contributed by atoms with van der Waals surface area (Å²) in [6, 6.07) is 10.7.